The summed E-state index contributed by atoms with van der Waals surface area (Å²) in [5.74, 6) is -1.53. The van der Waals surface area contributed by atoms with Crippen molar-refractivity contribution in [1.82, 2.24) is 0 Å². The third kappa shape index (κ3) is 4.72. The van der Waals surface area contributed by atoms with Crippen molar-refractivity contribution in [2.45, 2.75) is 38.7 Å². The van der Waals surface area contributed by atoms with Crippen molar-refractivity contribution >= 4 is 5.91 Å². The fourth-order valence-corrected chi connectivity index (χ4v) is 0.640. The van der Waals surface area contributed by atoms with E-state index in [1.165, 1.54) is 20.8 Å². The Bertz CT molecular complexity index is 195. The largest absolute Gasteiger partial charge is 0.423 e. The Morgan fingerprint density at radius 1 is 1.31 bits per heavy atom. The quantitative estimate of drug-likeness (QED) is 0.726. The lowest BCUT2D eigenvalue weighted by molar-refractivity contribution is -0.238. The first-order valence-electron chi connectivity index (χ1n) is 3.58. The molecule has 0 aliphatic carbocycles. The fourth-order valence-electron chi connectivity index (χ4n) is 0.640. The Kier molecular flexibility index (Phi) is 3.32. The van der Waals surface area contributed by atoms with Crippen molar-refractivity contribution in [3.63, 3.8) is 0 Å². The summed E-state index contributed by atoms with van der Waals surface area (Å²) in [6.07, 6.45) is -7.29. The van der Waals surface area contributed by atoms with Gasteiger partial charge in [-0.05, 0) is 20.8 Å². The third-order valence-corrected chi connectivity index (χ3v) is 1.03. The first-order chi connectivity index (χ1) is 5.54. The van der Waals surface area contributed by atoms with Crippen molar-refractivity contribution in [3.05, 3.63) is 0 Å². The summed E-state index contributed by atoms with van der Waals surface area (Å²) in [5.41, 5.74) is 3.49. The molecule has 1 unspecified atom stereocenters. The van der Waals surface area contributed by atoms with E-state index in [0.29, 0.717) is 0 Å². The summed E-state index contributed by atoms with van der Waals surface area (Å²) in [6.45, 7) is 4.23. The second-order valence-corrected chi connectivity index (χ2v) is 3.55. The van der Waals surface area contributed by atoms with Crippen LogP contribution in [0, 0.1) is 0 Å². The number of alkyl halides is 3. The van der Waals surface area contributed by atoms with Gasteiger partial charge in [-0.1, -0.05) is 0 Å². The molecule has 1 amide bonds. The normalized spacial score (nSPS) is 15.5. The molecule has 0 saturated heterocycles. The number of ether oxygens (including phenoxy) is 1. The molecule has 0 aromatic rings. The van der Waals surface area contributed by atoms with Crippen molar-refractivity contribution in [2.24, 2.45) is 5.73 Å². The molecule has 78 valence electrons. The van der Waals surface area contributed by atoms with Crippen LogP contribution in [0.2, 0.25) is 0 Å². The summed E-state index contributed by atoms with van der Waals surface area (Å²) in [7, 11) is 0. The lowest BCUT2D eigenvalue weighted by atomic mass is 10.2. The van der Waals surface area contributed by atoms with Crippen LogP contribution >= 0.6 is 0 Å². The van der Waals surface area contributed by atoms with Crippen LogP contribution in [0.1, 0.15) is 20.8 Å². The monoisotopic (exact) mass is 199 g/mol. The number of carbonyl (C=O) groups excluding carboxylic acids is 1. The molecule has 0 bridgehead atoms. The van der Waals surface area contributed by atoms with E-state index in [4.69, 9.17) is 0 Å². The number of hydrogen-bond acceptors (Lipinski definition) is 2. The van der Waals surface area contributed by atoms with Gasteiger partial charge in [-0.3, -0.25) is 4.79 Å². The van der Waals surface area contributed by atoms with Crippen LogP contribution in [0.4, 0.5) is 13.2 Å². The second-order valence-electron chi connectivity index (χ2n) is 3.55. The highest BCUT2D eigenvalue weighted by molar-refractivity contribution is 5.79. The summed E-state index contributed by atoms with van der Waals surface area (Å²) in [5, 5.41) is 0. The Morgan fingerprint density at radius 3 is 1.77 bits per heavy atom. The van der Waals surface area contributed by atoms with E-state index in [1.807, 2.05) is 0 Å². The minimum absolute atomic E-state index is 1.06. The predicted octanol–water partition coefficient (Wildman–Crippen LogP) is 1.22. The highest BCUT2D eigenvalue weighted by atomic mass is 19.4. The van der Waals surface area contributed by atoms with Crippen molar-refractivity contribution in [1.29, 1.82) is 0 Å². The standard InChI is InChI=1S/C7H12F3NO2/c1-6(2,3)13-4(5(11)12)7(8,9)10/h4H,1-3H3,(H2,11,12). The summed E-state index contributed by atoms with van der Waals surface area (Å²) in [6, 6.07) is 0. The molecule has 0 aliphatic heterocycles. The molecule has 0 heterocycles. The van der Waals surface area contributed by atoms with Gasteiger partial charge in [0.05, 0.1) is 5.60 Å². The molecule has 0 saturated carbocycles. The highest BCUT2D eigenvalue weighted by Crippen LogP contribution is 2.26. The summed E-state index contributed by atoms with van der Waals surface area (Å²) in [4.78, 5) is 10.4. The Labute approximate surface area is 74.0 Å². The first kappa shape index (κ1) is 12.2. The Balaban J connectivity index is 4.56. The van der Waals surface area contributed by atoms with Gasteiger partial charge in [0.15, 0.2) is 0 Å². The maximum absolute atomic E-state index is 12.1. The molecule has 0 radical (unpaired) electrons. The van der Waals surface area contributed by atoms with Crippen LogP contribution in [-0.4, -0.2) is 23.8 Å². The third-order valence-electron chi connectivity index (χ3n) is 1.03. The lowest BCUT2D eigenvalue weighted by Gasteiger charge is -2.26. The smallest absolute Gasteiger partial charge is 0.367 e. The van der Waals surface area contributed by atoms with E-state index in [9.17, 15) is 18.0 Å². The van der Waals surface area contributed by atoms with Crippen molar-refractivity contribution < 1.29 is 22.7 Å². The molecule has 0 fully saturated rings. The predicted molar refractivity (Wildman–Crippen MR) is 39.9 cm³/mol. The Hall–Kier alpha value is -0.780. The molecule has 6 heteroatoms. The molecule has 1 atom stereocenters. The van der Waals surface area contributed by atoms with E-state index in [1.54, 1.807) is 0 Å². The molecule has 0 aliphatic rings. The number of halogens is 3. The van der Waals surface area contributed by atoms with Gasteiger partial charge in [0.2, 0.25) is 6.10 Å². The molecular formula is C7H12F3NO2. The molecule has 0 aromatic heterocycles. The van der Waals surface area contributed by atoms with Crippen LogP contribution < -0.4 is 5.73 Å². The van der Waals surface area contributed by atoms with Gasteiger partial charge in [0.25, 0.3) is 5.91 Å². The van der Waals surface area contributed by atoms with Crippen LogP contribution in [0.25, 0.3) is 0 Å². The van der Waals surface area contributed by atoms with Gasteiger partial charge in [-0.25, -0.2) is 0 Å². The average Bonchev–Trinajstić information content (AvgIpc) is 1.77. The molecule has 0 spiro atoms. The van der Waals surface area contributed by atoms with Crippen molar-refractivity contribution in [2.75, 3.05) is 0 Å². The molecule has 13 heavy (non-hydrogen) atoms. The van der Waals surface area contributed by atoms with Crippen LogP contribution in [-0.2, 0) is 9.53 Å². The first-order valence-corrected chi connectivity index (χ1v) is 3.58. The fraction of sp³-hybridized carbons (Fsp3) is 0.857. The molecule has 3 nitrogen and oxygen atoms in total. The molecule has 2 N–H and O–H groups in total. The van der Waals surface area contributed by atoms with E-state index in [0.717, 1.165) is 0 Å². The van der Waals surface area contributed by atoms with Crippen LogP contribution in [0.15, 0.2) is 0 Å². The lowest BCUT2D eigenvalue weighted by Crippen LogP contribution is -2.47. The van der Waals surface area contributed by atoms with Crippen LogP contribution in [0.5, 0.6) is 0 Å². The number of primary amides is 1. The topological polar surface area (TPSA) is 52.3 Å². The number of rotatable bonds is 2. The number of hydrogen-bond donors (Lipinski definition) is 1. The molecular weight excluding hydrogens is 187 g/mol. The second kappa shape index (κ2) is 3.53. The SMILES string of the molecule is CC(C)(C)OC(C(N)=O)C(F)(F)F. The zero-order valence-electron chi connectivity index (χ0n) is 7.61. The van der Waals surface area contributed by atoms with Crippen molar-refractivity contribution in [3.8, 4) is 0 Å². The number of carbonyl (C=O) groups is 1. The van der Waals surface area contributed by atoms with E-state index >= 15 is 0 Å². The van der Waals surface area contributed by atoms with E-state index < -0.39 is 23.8 Å². The molecule has 0 aromatic carbocycles. The zero-order valence-corrected chi connectivity index (χ0v) is 7.61. The maximum atomic E-state index is 12.1. The van der Waals surface area contributed by atoms with Gasteiger partial charge in [0, 0.05) is 0 Å². The van der Waals surface area contributed by atoms with E-state index in [-0.39, 0.29) is 0 Å². The van der Waals surface area contributed by atoms with Gasteiger partial charge in [0.1, 0.15) is 0 Å². The Morgan fingerprint density at radius 2 is 1.69 bits per heavy atom. The maximum Gasteiger partial charge on any atom is 0.423 e. The summed E-state index contributed by atoms with van der Waals surface area (Å²) >= 11 is 0. The number of amides is 1. The minimum Gasteiger partial charge on any atom is -0.367 e. The number of nitrogens with two attached hydrogens (primary N) is 1. The van der Waals surface area contributed by atoms with Gasteiger partial charge in [-0.15, -0.1) is 0 Å². The highest BCUT2D eigenvalue weighted by Gasteiger charge is 2.46. The molecule has 0 rings (SSSR count). The summed E-state index contributed by atoms with van der Waals surface area (Å²) < 4.78 is 40.7. The van der Waals surface area contributed by atoms with Crippen LogP contribution in [0.3, 0.4) is 0 Å². The average molecular weight is 199 g/mol. The van der Waals surface area contributed by atoms with E-state index in [2.05, 4.69) is 10.5 Å². The van der Waals surface area contributed by atoms with Gasteiger partial charge in [-0.2, -0.15) is 13.2 Å². The zero-order chi connectivity index (χ0) is 10.9. The minimum atomic E-state index is -4.75. The van der Waals surface area contributed by atoms with Gasteiger partial charge >= 0.3 is 6.18 Å². The van der Waals surface area contributed by atoms with Gasteiger partial charge < -0.3 is 10.5 Å².